The van der Waals surface area contributed by atoms with Gasteiger partial charge in [0.25, 0.3) is 0 Å². The van der Waals surface area contributed by atoms with Crippen LogP contribution in [0.3, 0.4) is 0 Å². The summed E-state index contributed by atoms with van der Waals surface area (Å²) < 4.78 is 0. The van der Waals surface area contributed by atoms with E-state index in [9.17, 15) is 0 Å². The molecule has 0 heterocycles. The molecule has 2 rings (SSSR count). The highest BCUT2D eigenvalue weighted by molar-refractivity contribution is 6.30. The SMILES string of the molecule is CC(C)NCC(Cc1cccc(Cl)c1)c1ccc(Cl)cc1. The van der Waals surface area contributed by atoms with Gasteiger partial charge in [0.1, 0.15) is 0 Å². The molecule has 0 saturated carbocycles. The maximum atomic E-state index is 6.09. The van der Waals surface area contributed by atoms with Crippen LogP contribution in [0.1, 0.15) is 30.9 Å². The molecule has 112 valence electrons. The third kappa shape index (κ3) is 5.35. The lowest BCUT2D eigenvalue weighted by molar-refractivity contribution is 0.527. The Bertz CT molecular complexity index is 564. The van der Waals surface area contributed by atoms with E-state index in [1.165, 1.54) is 11.1 Å². The Kier molecular flexibility index (Phi) is 6.10. The first-order chi connectivity index (χ1) is 10.0. The zero-order chi connectivity index (χ0) is 15.2. The van der Waals surface area contributed by atoms with Crippen molar-refractivity contribution in [1.29, 1.82) is 0 Å². The second-order valence-corrected chi connectivity index (χ2v) is 6.52. The maximum absolute atomic E-state index is 6.09. The first kappa shape index (κ1) is 16.4. The fourth-order valence-corrected chi connectivity index (χ4v) is 2.71. The number of hydrogen-bond acceptors (Lipinski definition) is 1. The Labute approximate surface area is 137 Å². The lowest BCUT2D eigenvalue weighted by atomic mass is 9.91. The highest BCUT2D eigenvalue weighted by Gasteiger charge is 2.13. The largest absolute Gasteiger partial charge is 0.314 e. The van der Waals surface area contributed by atoms with Crippen LogP contribution in [0.5, 0.6) is 0 Å². The Morgan fingerprint density at radius 3 is 2.29 bits per heavy atom. The van der Waals surface area contributed by atoms with Gasteiger partial charge in [-0.1, -0.05) is 61.3 Å². The highest BCUT2D eigenvalue weighted by Crippen LogP contribution is 2.23. The van der Waals surface area contributed by atoms with Crippen LogP contribution in [0.4, 0.5) is 0 Å². The lowest BCUT2D eigenvalue weighted by Crippen LogP contribution is -2.28. The summed E-state index contributed by atoms with van der Waals surface area (Å²) in [6.45, 7) is 5.27. The number of nitrogens with one attached hydrogen (secondary N) is 1. The molecule has 0 fully saturated rings. The molecule has 1 N–H and O–H groups in total. The maximum Gasteiger partial charge on any atom is 0.0408 e. The van der Waals surface area contributed by atoms with Gasteiger partial charge >= 0.3 is 0 Å². The number of rotatable bonds is 6. The van der Waals surface area contributed by atoms with Gasteiger partial charge in [-0.05, 0) is 41.8 Å². The number of hydrogen-bond donors (Lipinski definition) is 1. The minimum atomic E-state index is 0.406. The first-order valence-corrected chi connectivity index (χ1v) is 8.03. The predicted octanol–water partition coefficient (Wildman–Crippen LogP) is 5.32. The molecule has 1 unspecified atom stereocenters. The van der Waals surface area contributed by atoms with Crippen molar-refractivity contribution in [2.45, 2.75) is 32.2 Å². The molecule has 1 atom stereocenters. The molecule has 2 aromatic carbocycles. The average molecular weight is 322 g/mol. The summed E-state index contributed by atoms with van der Waals surface area (Å²) >= 11 is 12.1. The highest BCUT2D eigenvalue weighted by atomic mass is 35.5. The van der Waals surface area contributed by atoms with Crippen LogP contribution < -0.4 is 5.32 Å². The third-order valence-electron chi connectivity index (χ3n) is 3.49. The Balaban J connectivity index is 2.17. The average Bonchev–Trinajstić information content (AvgIpc) is 2.44. The topological polar surface area (TPSA) is 12.0 Å². The molecule has 0 radical (unpaired) electrons. The van der Waals surface area contributed by atoms with Crippen LogP contribution in [0.25, 0.3) is 0 Å². The molecule has 0 amide bonds. The van der Waals surface area contributed by atoms with Gasteiger partial charge in [-0.25, -0.2) is 0 Å². The Morgan fingerprint density at radius 1 is 0.952 bits per heavy atom. The van der Waals surface area contributed by atoms with E-state index in [-0.39, 0.29) is 0 Å². The monoisotopic (exact) mass is 321 g/mol. The van der Waals surface area contributed by atoms with Crippen LogP contribution in [0.15, 0.2) is 48.5 Å². The summed E-state index contributed by atoms with van der Waals surface area (Å²) in [4.78, 5) is 0. The van der Waals surface area contributed by atoms with Crippen molar-refractivity contribution in [3.8, 4) is 0 Å². The second-order valence-electron chi connectivity index (χ2n) is 5.65. The van der Waals surface area contributed by atoms with Crippen molar-refractivity contribution in [2.24, 2.45) is 0 Å². The van der Waals surface area contributed by atoms with Gasteiger partial charge in [0.05, 0.1) is 0 Å². The number of halogens is 2. The van der Waals surface area contributed by atoms with Crippen molar-refractivity contribution >= 4 is 23.2 Å². The molecule has 0 aliphatic heterocycles. The summed E-state index contributed by atoms with van der Waals surface area (Å²) in [5.41, 5.74) is 2.56. The van der Waals surface area contributed by atoms with Crippen molar-refractivity contribution < 1.29 is 0 Å². The predicted molar refractivity (Wildman–Crippen MR) is 92.5 cm³/mol. The molecule has 0 spiro atoms. The summed E-state index contributed by atoms with van der Waals surface area (Å²) in [5.74, 6) is 0.406. The van der Waals surface area contributed by atoms with Crippen LogP contribution in [0.2, 0.25) is 10.0 Å². The van der Waals surface area contributed by atoms with Crippen LogP contribution in [0, 0.1) is 0 Å². The standard InChI is InChI=1S/C18H21Cl2N/c1-13(2)21-12-16(15-6-8-17(19)9-7-15)10-14-4-3-5-18(20)11-14/h3-9,11,13,16,21H,10,12H2,1-2H3. The second kappa shape index (κ2) is 7.84. The van der Waals surface area contributed by atoms with Gasteiger partial charge in [0, 0.05) is 28.5 Å². The molecule has 0 aliphatic carbocycles. The molecular formula is C18H21Cl2N. The van der Waals surface area contributed by atoms with Crippen LogP contribution >= 0.6 is 23.2 Å². The molecule has 21 heavy (non-hydrogen) atoms. The molecule has 1 nitrogen and oxygen atoms in total. The van der Waals surface area contributed by atoms with E-state index in [2.05, 4.69) is 37.4 Å². The molecule has 0 saturated heterocycles. The van der Waals surface area contributed by atoms with Crippen molar-refractivity contribution in [2.75, 3.05) is 6.54 Å². The van der Waals surface area contributed by atoms with E-state index in [1.54, 1.807) is 0 Å². The van der Waals surface area contributed by atoms with E-state index in [4.69, 9.17) is 23.2 Å². The van der Waals surface area contributed by atoms with Crippen LogP contribution in [-0.4, -0.2) is 12.6 Å². The van der Waals surface area contributed by atoms with E-state index < -0.39 is 0 Å². The Morgan fingerprint density at radius 2 is 1.67 bits per heavy atom. The first-order valence-electron chi connectivity index (χ1n) is 7.28. The fraction of sp³-hybridized carbons (Fsp3) is 0.333. The lowest BCUT2D eigenvalue weighted by Gasteiger charge is -2.20. The molecule has 0 bridgehead atoms. The molecule has 0 aromatic heterocycles. The smallest absolute Gasteiger partial charge is 0.0408 e. The van der Waals surface area contributed by atoms with Gasteiger partial charge in [-0.15, -0.1) is 0 Å². The van der Waals surface area contributed by atoms with E-state index in [0.717, 1.165) is 23.0 Å². The van der Waals surface area contributed by atoms with Crippen LogP contribution in [-0.2, 0) is 6.42 Å². The molecule has 2 aromatic rings. The van der Waals surface area contributed by atoms with Gasteiger partial charge in [-0.2, -0.15) is 0 Å². The molecule has 0 aliphatic rings. The fourth-order valence-electron chi connectivity index (χ4n) is 2.37. The van der Waals surface area contributed by atoms with Crippen molar-refractivity contribution in [1.82, 2.24) is 5.32 Å². The summed E-state index contributed by atoms with van der Waals surface area (Å²) in [6.07, 6.45) is 0.960. The van der Waals surface area contributed by atoms with Gasteiger partial charge in [-0.3, -0.25) is 0 Å². The van der Waals surface area contributed by atoms with E-state index >= 15 is 0 Å². The normalized spacial score (nSPS) is 12.6. The van der Waals surface area contributed by atoms with Crippen molar-refractivity contribution in [3.05, 3.63) is 69.7 Å². The van der Waals surface area contributed by atoms with Gasteiger partial charge in [0.15, 0.2) is 0 Å². The summed E-state index contributed by atoms with van der Waals surface area (Å²) in [5, 5.41) is 5.09. The van der Waals surface area contributed by atoms with Gasteiger partial charge < -0.3 is 5.32 Å². The van der Waals surface area contributed by atoms with Gasteiger partial charge in [0.2, 0.25) is 0 Å². The minimum absolute atomic E-state index is 0.406. The molecular weight excluding hydrogens is 301 g/mol. The quantitative estimate of drug-likeness (QED) is 0.759. The van der Waals surface area contributed by atoms with E-state index in [0.29, 0.717) is 12.0 Å². The number of benzene rings is 2. The third-order valence-corrected chi connectivity index (χ3v) is 3.97. The minimum Gasteiger partial charge on any atom is -0.314 e. The summed E-state index contributed by atoms with van der Waals surface area (Å²) in [6, 6.07) is 16.7. The zero-order valence-corrected chi connectivity index (χ0v) is 14.0. The molecule has 3 heteroatoms. The van der Waals surface area contributed by atoms with E-state index in [1.807, 2.05) is 30.3 Å². The summed E-state index contributed by atoms with van der Waals surface area (Å²) in [7, 11) is 0. The van der Waals surface area contributed by atoms with Crippen molar-refractivity contribution in [3.63, 3.8) is 0 Å². The zero-order valence-electron chi connectivity index (χ0n) is 12.4. The Hall–Kier alpha value is -1.02.